The second-order valence-electron chi connectivity index (χ2n) is 3.38. The molecule has 6 nitrogen and oxygen atoms in total. The molecule has 8 heteroatoms. The lowest BCUT2D eigenvalue weighted by Crippen LogP contribution is -2.07. The van der Waals surface area contributed by atoms with Gasteiger partial charge in [0.1, 0.15) is 10.1 Å². The summed E-state index contributed by atoms with van der Waals surface area (Å²) in [7, 11) is 0. The maximum Gasteiger partial charge on any atom is 0.316 e. The fourth-order valence-electron chi connectivity index (χ4n) is 1.12. The SMILES string of the molecule is CCOC(=O)CSc1cnc(SCC(=O)OCC)cn1. The molecule has 1 heterocycles. The van der Waals surface area contributed by atoms with Gasteiger partial charge in [-0.15, -0.1) is 0 Å². The van der Waals surface area contributed by atoms with Crippen LogP contribution in [0.15, 0.2) is 22.4 Å². The largest absolute Gasteiger partial charge is 0.465 e. The van der Waals surface area contributed by atoms with Crippen molar-refractivity contribution < 1.29 is 19.1 Å². The Morgan fingerprint density at radius 2 is 1.35 bits per heavy atom. The van der Waals surface area contributed by atoms with Crippen LogP contribution in [0.25, 0.3) is 0 Å². The van der Waals surface area contributed by atoms with Crippen LogP contribution < -0.4 is 0 Å². The van der Waals surface area contributed by atoms with Gasteiger partial charge in [-0.2, -0.15) is 0 Å². The molecule has 1 aromatic rings. The van der Waals surface area contributed by atoms with Crippen molar-refractivity contribution in [1.82, 2.24) is 9.97 Å². The number of nitrogens with zero attached hydrogens (tertiary/aromatic N) is 2. The average molecular weight is 316 g/mol. The minimum Gasteiger partial charge on any atom is -0.465 e. The maximum atomic E-state index is 11.2. The first kappa shape index (κ1) is 16.8. The van der Waals surface area contributed by atoms with Gasteiger partial charge < -0.3 is 9.47 Å². The Morgan fingerprint density at radius 3 is 1.65 bits per heavy atom. The number of carbonyl (C=O) groups is 2. The number of thioether (sulfide) groups is 2. The van der Waals surface area contributed by atoms with E-state index in [1.807, 2.05) is 0 Å². The van der Waals surface area contributed by atoms with Gasteiger partial charge in [0.15, 0.2) is 0 Å². The third kappa shape index (κ3) is 6.76. The molecule has 1 aromatic heterocycles. The van der Waals surface area contributed by atoms with Gasteiger partial charge in [0, 0.05) is 0 Å². The molecule has 0 aliphatic rings. The number of rotatable bonds is 8. The fraction of sp³-hybridized carbons (Fsp3) is 0.500. The highest BCUT2D eigenvalue weighted by atomic mass is 32.2. The first-order valence-electron chi connectivity index (χ1n) is 6.04. The van der Waals surface area contributed by atoms with Gasteiger partial charge in [0.25, 0.3) is 0 Å². The minimum atomic E-state index is -0.278. The molecule has 0 fully saturated rings. The topological polar surface area (TPSA) is 78.4 Å². The Balaban J connectivity index is 2.36. The summed E-state index contributed by atoms with van der Waals surface area (Å²) in [4.78, 5) is 30.7. The van der Waals surface area contributed by atoms with Gasteiger partial charge in [-0.3, -0.25) is 9.59 Å². The van der Waals surface area contributed by atoms with Crippen LogP contribution in [0.1, 0.15) is 13.8 Å². The van der Waals surface area contributed by atoms with Gasteiger partial charge in [-0.25, -0.2) is 9.97 Å². The first-order valence-corrected chi connectivity index (χ1v) is 8.01. The summed E-state index contributed by atoms with van der Waals surface area (Å²) in [6, 6.07) is 0. The molecule has 0 spiro atoms. The van der Waals surface area contributed by atoms with Crippen molar-refractivity contribution in [3.63, 3.8) is 0 Å². The highest BCUT2D eigenvalue weighted by Crippen LogP contribution is 2.18. The number of ether oxygens (including phenoxy) is 2. The third-order valence-corrected chi connectivity index (χ3v) is 3.66. The standard InChI is InChI=1S/C12H16N2O4S2/c1-3-17-11(15)7-19-9-5-14-10(6-13-9)20-8-12(16)18-4-2/h5-6H,3-4,7-8H2,1-2H3. The Labute approximate surface area is 126 Å². The fourth-order valence-corrected chi connectivity index (χ4v) is 2.33. The molecule has 0 saturated heterocycles. The van der Waals surface area contributed by atoms with E-state index in [0.717, 1.165) is 0 Å². The molecule has 0 aromatic carbocycles. The smallest absolute Gasteiger partial charge is 0.316 e. The molecule has 0 bridgehead atoms. The summed E-state index contributed by atoms with van der Waals surface area (Å²) in [5.74, 6) is -0.143. The van der Waals surface area contributed by atoms with Crippen LogP contribution in [0.4, 0.5) is 0 Å². The molecule has 110 valence electrons. The Hall–Kier alpha value is -1.28. The van der Waals surface area contributed by atoms with Crippen molar-refractivity contribution >= 4 is 35.5 Å². The van der Waals surface area contributed by atoms with Crippen LogP contribution in [0.3, 0.4) is 0 Å². The lowest BCUT2D eigenvalue weighted by Gasteiger charge is -2.03. The van der Waals surface area contributed by atoms with E-state index in [1.54, 1.807) is 26.2 Å². The predicted octanol–water partition coefficient (Wildman–Crippen LogP) is 1.79. The third-order valence-electron chi connectivity index (χ3n) is 1.89. The average Bonchev–Trinajstić information content (AvgIpc) is 2.45. The van der Waals surface area contributed by atoms with Crippen molar-refractivity contribution in [3.05, 3.63) is 12.4 Å². The van der Waals surface area contributed by atoms with E-state index in [2.05, 4.69) is 9.97 Å². The van der Waals surface area contributed by atoms with Gasteiger partial charge in [0.2, 0.25) is 0 Å². The summed E-state index contributed by atoms with van der Waals surface area (Å²) >= 11 is 2.52. The summed E-state index contributed by atoms with van der Waals surface area (Å²) < 4.78 is 9.62. The van der Waals surface area contributed by atoms with Crippen molar-refractivity contribution in [2.45, 2.75) is 23.9 Å². The number of aromatic nitrogens is 2. The van der Waals surface area contributed by atoms with Crippen LogP contribution in [0, 0.1) is 0 Å². The van der Waals surface area contributed by atoms with Crippen LogP contribution in [-0.4, -0.2) is 46.6 Å². The van der Waals surface area contributed by atoms with Crippen molar-refractivity contribution in [2.24, 2.45) is 0 Å². The normalized spacial score (nSPS) is 10.1. The van der Waals surface area contributed by atoms with E-state index in [1.165, 1.54) is 23.5 Å². The van der Waals surface area contributed by atoms with Gasteiger partial charge in [0.05, 0.1) is 37.1 Å². The first-order chi connectivity index (χ1) is 9.65. The number of hydrogen-bond acceptors (Lipinski definition) is 8. The number of esters is 2. The molecule has 0 radical (unpaired) electrons. The summed E-state index contributed by atoms with van der Waals surface area (Å²) in [6.45, 7) is 4.26. The maximum absolute atomic E-state index is 11.2. The quantitative estimate of drug-likeness (QED) is 0.530. The number of carbonyl (C=O) groups excluding carboxylic acids is 2. The van der Waals surface area contributed by atoms with E-state index in [-0.39, 0.29) is 23.4 Å². The van der Waals surface area contributed by atoms with Crippen LogP contribution in [0.2, 0.25) is 0 Å². The van der Waals surface area contributed by atoms with E-state index in [4.69, 9.17) is 9.47 Å². The van der Waals surface area contributed by atoms with E-state index >= 15 is 0 Å². The van der Waals surface area contributed by atoms with E-state index in [0.29, 0.717) is 23.3 Å². The van der Waals surface area contributed by atoms with Crippen molar-refractivity contribution in [3.8, 4) is 0 Å². The van der Waals surface area contributed by atoms with Crippen LogP contribution in [0.5, 0.6) is 0 Å². The molecular weight excluding hydrogens is 300 g/mol. The monoisotopic (exact) mass is 316 g/mol. The molecule has 1 rings (SSSR count). The zero-order chi connectivity index (χ0) is 14.8. The second-order valence-corrected chi connectivity index (χ2v) is 5.37. The Morgan fingerprint density at radius 1 is 0.950 bits per heavy atom. The molecule has 0 atom stereocenters. The Bertz CT molecular complexity index is 399. The molecule has 20 heavy (non-hydrogen) atoms. The molecule has 0 unspecified atom stereocenters. The minimum absolute atomic E-state index is 0.206. The highest BCUT2D eigenvalue weighted by molar-refractivity contribution is 8.00. The molecule has 0 saturated carbocycles. The van der Waals surface area contributed by atoms with Crippen LogP contribution >= 0.6 is 23.5 Å². The molecule has 0 aliphatic carbocycles. The zero-order valence-corrected chi connectivity index (χ0v) is 13.0. The summed E-state index contributed by atoms with van der Waals surface area (Å²) in [6.07, 6.45) is 3.13. The van der Waals surface area contributed by atoms with Gasteiger partial charge in [-0.1, -0.05) is 23.5 Å². The molecule has 0 N–H and O–H groups in total. The van der Waals surface area contributed by atoms with E-state index in [9.17, 15) is 9.59 Å². The number of hydrogen-bond donors (Lipinski definition) is 0. The lowest BCUT2D eigenvalue weighted by molar-refractivity contribution is -0.140. The highest BCUT2D eigenvalue weighted by Gasteiger charge is 2.07. The lowest BCUT2D eigenvalue weighted by atomic mass is 10.7. The second kappa shape index (κ2) is 9.60. The molecule has 0 amide bonds. The van der Waals surface area contributed by atoms with Crippen molar-refractivity contribution in [1.29, 1.82) is 0 Å². The predicted molar refractivity (Wildman–Crippen MR) is 76.7 cm³/mol. The Kier molecular flexibility index (Phi) is 8.05. The van der Waals surface area contributed by atoms with Gasteiger partial charge in [-0.05, 0) is 13.8 Å². The van der Waals surface area contributed by atoms with E-state index < -0.39 is 0 Å². The molecule has 0 aliphatic heterocycles. The zero-order valence-electron chi connectivity index (χ0n) is 11.3. The molecular formula is C12H16N2O4S2. The summed E-state index contributed by atoms with van der Waals surface area (Å²) in [5, 5.41) is 1.28. The summed E-state index contributed by atoms with van der Waals surface area (Å²) in [5.41, 5.74) is 0. The van der Waals surface area contributed by atoms with Crippen LogP contribution in [-0.2, 0) is 19.1 Å². The van der Waals surface area contributed by atoms with Crippen molar-refractivity contribution in [2.75, 3.05) is 24.7 Å². The van der Waals surface area contributed by atoms with Gasteiger partial charge >= 0.3 is 11.9 Å².